The fourth-order valence-electron chi connectivity index (χ4n) is 1.28. The van der Waals surface area contributed by atoms with E-state index < -0.39 is 0 Å². The molecular weight excluding hydrogens is 238 g/mol. The van der Waals surface area contributed by atoms with Crippen LogP contribution < -0.4 is 5.73 Å². The fourth-order valence-corrected chi connectivity index (χ4v) is 1.28. The summed E-state index contributed by atoms with van der Waals surface area (Å²) in [5.41, 5.74) is 7.94. The summed E-state index contributed by atoms with van der Waals surface area (Å²) >= 11 is 0. The summed E-state index contributed by atoms with van der Waals surface area (Å²) in [5.74, 6) is 0.513. The van der Waals surface area contributed by atoms with E-state index in [-0.39, 0.29) is 11.7 Å². The quantitative estimate of drug-likeness (QED) is 0.819. The van der Waals surface area contributed by atoms with Crippen LogP contribution in [0.5, 0.6) is 5.75 Å². The molecule has 0 aliphatic rings. The van der Waals surface area contributed by atoms with Crippen molar-refractivity contribution in [3.8, 4) is 16.9 Å². The third kappa shape index (κ3) is 4.95. The Hall–Kier alpha value is -2.10. The lowest BCUT2D eigenvalue weighted by Crippen LogP contribution is -1.93. The predicted octanol–water partition coefficient (Wildman–Crippen LogP) is 3.79. The van der Waals surface area contributed by atoms with Crippen molar-refractivity contribution in [2.45, 2.75) is 34.6 Å². The zero-order chi connectivity index (χ0) is 14.8. The lowest BCUT2D eigenvalue weighted by atomic mass is 10.1. The standard InChI is InChI=1S/C11H11N3O.2C2H6/c1-7-2-3-8(4-10(7)15)9-5-13-11(12)14-6-9;2*1-2/h2-6,15H,1H3,(H2,12,13,14);2*1-2H3. The summed E-state index contributed by atoms with van der Waals surface area (Å²) in [4.78, 5) is 7.79. The van der Waals surface area contributed by atoms with Crippen molar-refractivity contribution in [2.24, 2.45) is 0 Å². The second-order valence-electron chi connectivity index (χ2n) is 3.33. The topological polar surface area (TPSA) is 72.0 Å². The number of aromatic nitrogens is 2. The number of rotatable bonds is 1. The smallest absolute Gasteiger partial charge is 0.219 e. The van der Waals surface area contributed by atoms with Gasteiger partial charge in [0.15, 0.2) is 0 Å². The molecule has 4 nitrogen and oxygen atoms in total. The van der Waals surface area contributed by atoms with E-state index in [4.69, 9.17) is 5.73 Å². The first-order valence-electron chi connectivity index (χ1n) is 6.54. The minimum atomic E-state index is 0.245. The normalized spacial score (nSPS) is 8.68. The van der Waals surface area contributed by atoms with Gasteiger partial charge < -0.3 is 10.8 Å². The molecule has 104 valence electrons. The van der Waals surface area contributed by atoms with Crippen LogP contribution >= 0.6 is 0 Å². The molecule has 4 heteroatoms. The largest absolute Gasteiger partial charge is 0.508 e. The van der Waals surface area contributed by atoms with Crippen molar-refractivity contribution >= 4 is 5.95 Å². The maximum atomic E-state index is 9.55. The zero-order valence-electron chi connectivity index (χ0n) is 12.3. The second-order valence-corrected chi connectivity index (χ2v) is 3.33. The van der Waals surface area contributed by atoms with E-state index in [2.05, 4.69) is 9.97 Å². The monoisotopic (exact) mass is 261 g/mol. The van der Waals surface area contributed by atoms with Crippen molar-refractivity contribution < 1.29 is 5.11 Å². The molecular formula is C15H23N3O. The second kappa shape index (κ2) is 8.91. The van der Waals surface area contributed by atoms with Gasteiger partial charge in [-0.1, -0.05) is 39.8 Å². The lowest BCUT2D eigenvalue weighted by molar-refractivity contribution is 0.471. The molecule has 0 fully saturated rings. The van der Waals surface area contributed by atoms with Crippen LogP contribution in [0.2, 0.25) is 0 Å². The van der Waals surface area contributed by atoms with Crippen molar-refractivity contribution in [3.05, 3.63) is 36.2 Å². The SMILES string of the molecule is CC.CC.Cc1ccc(-c2cnc(N)nc2)cc1O. The number of benzene rings is 1. The maximum absolute atomic E-state index is 9.55. The molecule has 0 radical (unpaired) electrons. The number of nitrogens with two attached hydrogens (primary N) is 1. The maximum Gasteiger partial charge on any atom is 0.219 e. The zero-order valence-corrected chi connectivity index (χ0v) is 12.3. The van der Waals surface area contributed by atoms with Crippen molar-refractivity contribution in [1.29, 1.82) is 0 Å². The summed E-state index contributed by atoms with van der Waals surface area (Å²) in [7, 11) is 0. The molecule has 0 unspecified atom stereocenters. The number of aromatic hydroxyl groups is 1. The van der Waals surface area contributed by atoms with Gasteiger partial charge in [0, 0.05) is 18.0 Å². The van der Waals surface area contributed by atoms with Crippen LogP contribution in [0.25, 0.3) is 11.1 Å². The number of hydrogen-bond donors (Lipinski definition) is 2. The molecule has 0 spiro atoms. The Morgan fingerprint density at radius 1 is 0.947 bits per heavy atom. The van der Waals surface area contributed by atoms with E-state index in [1.807, 2.05) is 46.8 Å². The van der Waals surface area contributed by atoms with E-state index in [0.29, 0.717) is 0 Å². The highest BCUT2D eigenvalue weighted by Crippen LogP contribution is 2.24. The molecule has 0 amide bonds. The van der Waals surface area contributed by atoms with Crippen molar-refractivity contribution in [1.82, 2.24) is 9.97 Å². The van der Waals surface area contributed by atoms with Crippen LogP contribution in [0.15, 0.2) is 30.6 Å². The summed E-state index contributed by atoms with van der Waals surface area (Å²) < 4.78 is 0. The minimum absolute atomic E-state index is 0.245. The summed E-state index contributed by atoms with van der Waals surface area (Å²) in [5, 5.41) is 9.55. The first kappa shape index (κ1) is 16.9. The highest BCUT2D eigenvalue weighted by Gasteiger charge is 2.02. The van der Waals surface area contributed by atoms with Crippen LogP contribution in [0.3, 0.4) is 0 Å². The molecule has 1 aromatic carbocycles. The Bertz CT molecular complexity index is 481. The van der Waals surface area contributed by atoms with Gasteiger partial charge in [0.2, 0.25) is 5.95 Å². The molecule has 0 saturated heterocycles. The molecule has 2 aromatic rings. The average molecular weight is 261 g/mol. The number of anilines is 1. The Balaban J connectivity index is 0.000000741. The third-order valence-electron chi connectivity index (χ3n) is 2.21. The van der Waals surface area contributed by atoms with E-state index in [9.17, 15) is 5.11 Å². The number of hydrogen-bond acceptors (Lipinski definition) is 4. The van der Waals surface area contributed by atoms with E-state index in [1.54, 1.807) is 18.5 Å². The van der Waals surface area contributed by atoms with Crippen LogP contribution in [-0.2, 0) is 0 Å². The molecule has 0 saturated carbocycles. The molecule has 0 aliphatic heterocycles. The van der Waals surface area contributed by atoms with E-state index in [0.717, 1.165) is 16.7 Å². The van der Waals surface area contributed by atoms with E-state index in [1.165, 1.54) is 0 Å². The molecule has 1 heterocycles. The Labute approximate surface area is 115 Å². The summed E-state index contributed by atoms with van der Waals surface area (Å²) in [6.07, 6.45) is 3.26. The van der Waals surface area contributed by atoms with Gasteiger partial charge in [0.1, 0.15) is 5.75 Å². The lowest BCUT2D eigenvalue weighted by Gasteiger charge is -2.03. The molecule has 0 bridgehead atoms. The van der Waals surface area contributed by atoms with Gasteiger partial charge in [-0.25, -0.2) is 9.97 Å². The number of phenols is 1. The van der Waals surface area contributed by atoms with Gasteiger partial charge >= 0.3 is 0 Å². The number of nitrogen functional groups attached to an aromatic ring is 1. The first-order chi connectivity index (χ1) is 9.16. The van der Waals surface area contributed by atoms with Gasteiger partial charge in [0.05, 0.1) is 0 Å². The van der Waals surface area contributed by atoms with Gasteiger partial charge in [-0.05, 0) is 24.1 Å². The van der Waals surface area contributed by atoms with Crippen LogP contribution in [0, 0.1) is 6.92 Å². The molecule has 0 atom stereocenters. The molecule has 0 aliphatic carbocycles. The fraction of sp³-hybridized carbons (Fsp3) is 0.333. The average Bonchev–Trinajstić information content (AvgIpc) is 2.47. The Kier molecular flexibility index (Phi) is 7.93. The summed E-state index contributed by atoms with van der Waals surface area (Å²) in [6.45, 7) is 9.85. The Morgan fingerprint density at radius 3 is 1.95 bits per heavy atom. The van der Waals surface area contributed by atoms with Crippen LogP contribution in [-0.4, -0.2) is 15.1 Å². The first-order valence-corrected chi connectivity index (χ1v) is 6.54. The van der Waals surface area contributed by atoms with Crippen molar-refractivity contribution in [3.63, 3.8) is 0 Å². The van der Waals surface area contributed by atoms with Gasteiger partial charge in [-0.15, -0.1) is 0 Å². The number of aryl methyl sites for hydroxylation is 1. The highest BCUT2D eigenvalue weighted by molar-refractivity contribution is 5.64. The minimum Gasteiger partial charge on any atom is -0.508 e. The van der Waals surface area contributed by atoms with Gasteiger partial charge in [0.25, 0.3) is 0 Å². The highest BCUT2D eigenvalue weighted by atomic mass is 16.3. The molecule has 19 heavy (non-hydrogen) atoms. The predicted molar refractivity (Wildman–Crippen MR) is 81.0 cm³/mol. The van der Waals surface area contributed by atoms with Gasteiger partial charge in [-0.2, -0.15) is 0 Å². The third-order valence-corrected chi connectivity index (χ3v) is 2.21. The van der Waals surface area contributed by atoms with Gasteiger partial charge in [-0.3, -0.25) is 0 Å². The molecule has 2 rings (SSSR count). The van der Waals surface area contributed by atoms with E-state index >= 15 is 0 Å². The van der Waals surface area contributed by atoms with Crippen molar-refractivity contribution in [2.75, 3.05) is 5.73 Å². The number of phenolic OH excluding ortho intramolecular Hbond substituents is 1. The Morgan fingerprint density at radius 2 is 1.47 bits per heavy atom. The van der Waals surface area contributed by atoms with Crippen LogP contribution in [0.4, 0.5) is 5.95 Å². The molecule has 3 N–H and O–H groups in total. The number of nitrogens with zero attached hydrogens (tertiary/aromatic N) is 2. The summed E-state index contributed by atoms with van der Waals surface area (Å²) in [6, 6.07) is 5.44. The molecule has 1 aromatic heterocycles. The van der Waals surface area contributed by atoms with Crippen LogP contribution in [0.1, 0.15) is 33.3 Å².